The zero-order valence-electron chi connectivity index (χ0n) is 11.3. The second-order valence-electron chi connectivity index (χ2n) is 4.82. The second kappa shape index (κ2) is 7.45. The first-order chi connectivity index (χ1) is 8.95. The highest BCUT2D eigenvalue weighted by atomic mass is 16.8. The summed E-state index contributed by atoms with van der Waals surface area (Å²) in [6.07, 6.45) is 2.37. The van der Waals surface area contributed by atoms with Gasteiger partial charge in [-0.3, -0.25) is 9.59 Å². The third-order valence-electron chi connectivity index (χ3n) is 3.06. The van der Waals surface area contributed by atoms with Crippen molar-refractivity contribution in [2.75, 3.05) is 0 Å². The summed E-state index contributed by atoms with van der Waals surface area (Å²) in [7, 11) is 0. The number of hydrogen-bond donors (Lipinski definition) is 2. The predicted octanol–water partition coefficient (Wildman–Crippen LogP) is 1.23. The zero-order valence-corrected chi connectivity index (χ0v) is 11.3. The number of cyclic esters (lactones) is 2. The van der Waals surface area contributed by atoms with Crippen molar-refractivity contribution in [3.05, 3.63) is 0 Å². The quantitative estimate of drug-likeness (QED) is 0.732. The van der Waals surface area contributed by atoms with Crippen molar-refractivity contribution < 1.29 is 29.3 Å². The topological polar surface area (TPSA) is 93.1 Å². The van der Waals surface area contributed by atoms with Crippen LogP contribution in [0.5, 0.6) is 0 Å². The van der Waals surface area contributed by atoms with Crippen LogP contribution < -0.4 is 0 Å². The van der Waals surface area contributed by atoms with E-state index in [4.69, 9.17) is 9.47 Å². The molecule has 0 aliphatic carbocycles. The van der Waals surface area contributed by atoms with E-state index in [0.29, 0.717) is 32.1 Å². The third-order valence-corrected chi connectivity index (χ3v) is 3.06. The highest BCUT2D eigenvalue weighted by Crippen LogP contribution is 2.23. The molecule has 1 unspecified atom stereocenters. The normalized spacial score (nSPS) is 21.6. The molecule has 19 heavy (non-hydrogen) atoms. The van der Waals surface area contributed by atoms with Gasteiger partial charge in [-0.1, -0.05) is 6.92 Å². The van der Waals surface area contributed by atoms with Crippen molar-refractivity contribution in [3.63, 3.8) is 0 Å². The lowest BCUT2D eigenvalue weighted by Crippen LogP contribution is -2.39. The molecule has 0 aromatic heterocycles. The van der Waals surface area contributed by atoms with Crippen LogP contribution in [0.3, 0.4) is 0 Å². The summed E-state index contributed by atoms with van der Waals surface area (Å²) in [5.74, 6) is -3.34. The molecular formula is C13H22O6. The van der Waals surface area contributed by atoms with Gasteiger partial charge >= 0.3 is 17.9 Å². The van der Waals surface area contributed by atoms with E-state index in [1.54, 1.807) is 0 Å². The van der Waals surface area contributed by atoms with Gasteiger partial charge in [0.15, 0.2) is 0 Å². The molecule has 1 rings (SSSR count). The van der Waals surface area contributed by atoms with Gasteiger partial charge in [-0.25, -0.2) is 0 Å². The molecule has 110 valence electrons. The van der Waals surface area contributed by atoms with Crippen molar-refractivity contribution in [3.8, 4) is 0 Å². The lowest BCUT2D eigenvalue weighted by molar-refractivity contribution is -0.327. The van der Waals surface area contributed by atoms with Crippen LogP contribution in [0.25, 0.3) is 0 Å². The molecule has 0 saturated carbocycles. The first kappa shape index (κ1) is 15.9. The van der Waals surface area contributed by atoms with Crippen LogP contribution in [0.1, 0.15) is 58.3 Å². The van der Waals surface area contributed by atoms with Crippen molar-refractivity contribution in [1.82, 2.24) is 0 Å². The molecular weight excluding hydrogens is 252 g/mol. The van der Waals surface area contributed by atoms with Gasteiger partial charge in [0.2, 0.25) is 0 Å². The summed E-state index contributed by atoms with van der Waals surface area (Å²) >= 11 is 0. The monoisotopic (exact) mass is 274 g/mol. The third kappa shape index (κ3) is 6.02. The average molecular weight is 274 g/mol. The lowest BCUT2D eigenvalue weighted by Gasteiger charge is -2.26. The van der Waals surface area contributed by atoms with Crippen molar-refractivity contribution in [2.45, 2.75) is 70.4 Å². The molecule has 0 spiro atoms. The van der Waals surface area contributed by atoms with Crippen LogP contribution in [-0.4, -0.2) is 34.2 Å². The SMILES string of the molecule is CCC(O)CCCC1(O)OC(=O)CCCCC(=O)O1. The molecule has 1 aliphatic rings. The number of carbonyl (C=O) groups is 2. The molecule has 6 heteroatoms. The minimum atomic E-state index is -2.19. The zero-order chi connectivity index (χ0) is 14.3. The van der Waals surface area contributed by atoms with E-state index in [0.717, 1.165) is 0 Å². The van der Waals surface area contributed by atoms with Gasteiger partial charge in [0.05, 0.1) is 12.5 Å². The summed E-state index contributed by atoms with van der Waals surface area (Å²) in [5.41, 5.74) is 0. The Morgan fingerprint density at radius 3 is 2.21 bits per heavy atom. The highest BCUT2D eigenvalue weighted by molar-refractivity contribution is 5.72. The number of aliphatic hydroxyl groups is 2. The first-order valence-corrected chi connectivity index (χ1v) is 6.79. The van der Waals surface area contributed by atoms with Crippen LogP contribution in [-0.2, 0) is 19.1 Å². The second-order valence-corrected chi connectivity index (χ2v) is 4.82. The number of ether oxygens (including phenoxy) is 2. The minimum Gasteiger partial charge on any atom is -0.398 e. The molecule has 0 amide bonds. The number of hydrogen-bond acceptors (Lipinski definition) is 6. The van der Waals surface area contributed by atoms with E-state index in [9.17, 15) is 19.8 Å². The first-order valence-electron chi connectivity index (χ1n) is 6.79. The number of carbonyl (C=O) groups excluding carboxylic acids is 2. The summed E-state index contributed by atoms with van der Waals surface area (Å²) in [5, 5.41) is 19.5. The largest absolute Gasteiger partial charge is 0.398 e. The number of aliphatic hydroxyl groups excluding tert-OH is 1. The molecule has 0 aromatic rings. The molecule has 1 saturated heterocycles. The van der Waals surface area contributed by atoms with Crippen LogP contribution >= 0.6 is 0 Å². The van der Waals surface area contributed by atoms with E-state index in [1.165, 1.54) is 0 Å². The van der Waals surface area contributed by atoms with Crippen molar-refractivity contribution in [2.24, 2.45) is 0 Å². The van der Waals surface area contributed by atoms with Gasteiger partial charge < -0.3 is 19.7 Å². The molecule has 1 atom stereocenters. The van der Waals surface area contributed by atoms with E-state index < -0.39 is 24.0 Å². The van der Waals surface area contributed by atoms with E-state index in [-0.39, 0.29) is 19.3 Å². The minimum absolute atomic E-state index is 0.0263. The fourth-order valence-electron chi connectivity index (χ4n) is 1.88. The summed E-state index contributed by atoms with van der Waals surface area (Å²) in [4.78, 5) is 22.9. The van der Waals surface area contributed by atoms with Gasteiger partial charge in [-0.2, -0.15) is 0 Å². The molecule has 1 aliphatic heterocycles. The molecule has 6 nitrogen and oxygen atoms in total. The summed E-state index contributed by atoms with van der Waals surface area (Å²) < 4.78 is 9.67. The maximum Gasteiger partial charge on any atom is 0.373 e. The fraction of sp³-hybridized carbons (Fsp3) is 0.846. The van der Waals surface area contributed by atoms with E-state index >= 15 is 0 Å². The Hall–Kier alpha value is -1.14. The Labute approximate surface area is 112 Å². The molecule has 0 radical (unpaired) electrons. The van der Waals surface area contributed by atoms with E-state index in [2.05, 4.69) is 0 Å². The maximum absolute atomic E-state index is 11.4. The number of esters is 2. The van der Waals surface area contributed by atoms with Gasteiger partial charge in [0.25, 0.3) is 0 Å². The molecule has 1 heterocycles. The summed E-state index contributed by atoms with van der Waals surface area (Å²) in [6, 6.07) is 0. The van der Waals surface area contributed by atoms with E-state index in [1.807, 2.05) is 6.92 Å². The lowest BCUT2D eigenvalue weighted by atomic mass is 10.1. The Balaban J connectivity index is 2.56. The van der Waals surface area contributed by atoms with Crippen LogP contribution in [0.2, 0.25) is 0 Å². The van der Waals surface area contributed by atoms with Crippen molar-refractivity contribution in [1.29, 1.82) is 0 Å². The van der Waals surface area contributed by atoms with Gasteiger partial charge in [0, 0.05) is 12.8 Å². The van der Waals surface area contributed by atoms with Gasteiger partial charge in [0.1, 0.15) is 0 Å². The molecule has 2 N–H and O–H groups in total. The fourth-order valence-corrected chi connectivity index (χ4v) is 1.88. The Kier molecular flexibility index (Phi) is 6.24. The van der Waals surface area contributed by atoms with Gasteiger partial charge in [-0.15, -0.1) is 0 Å². The molecule has 0 bridgehead atoms. The molecule has 1 fully saturated rings. The maximum atomic E-state index is 11.4. The van der Waals surface area contributed by atoms with Crippen LogP contribution in [0, 0.1) is 0 Å². The van der Waals surface area contributed by atoms with Gasteiger partial charge in [-0.05, 0) is 32.1 Å². The Morgan fingerprint density at radius 2 is 1.74 bits per heavy atom. The summed E-state index contributed by atoms with van der Waals surface area (Å²) in [6.45, 7) is 1.85. The molecule has 0 aromatic carbocycles. The van der Waals surface area contributed by atoms with Crippen LogP contribution in [0.4, 0.5) is 0 Å². The predicted molar refractivity (Wildman–Crippen MR) is 65.8 cm³/mol. The number of rotatable bonds is 5. The average Bonchev–Trinajstić information content (AvgIpc) is 2.39. The van der Waals surface area contributed by atoms with Crippen LogP contribution in [0.15, 0.2) is 0 Å². The Morgan fingerprint density at radius 1 is 1.21 bits per heavy atom. The standard InChI is InChI=1S/C13H22O6/c1-2-10(14)6-5-9-13(17)18-11(15)7-3-4-8-12(16)19-13/h10,14,17H,2-9H2,1H3. The highest BCUT2D eigenvalue weighted by Gasteiger charge is 2.36. The smallest absolute Gasteiger partial charge is 0.373 e. The Bertz CT molecular complexity index is 294. The van der Waals surface area contributed by atoms with Crippen molar-refractivity contribution >= 4 is 11.9 Å².